The van der Waals surface area contributed by atoms with E-state index in [1.165, 1.54) is 5.56 Å². The minimum Gasteiger partial charge on any atom is -0.368 e. The fourth-order valence-corrected chi connectivity index (χ4v) is 2.02. The molecule has 1 fully saturated rings. The Labute approximate surface area is 84.3 Å². The van der Waals surface area contributed by atoms with Crippen molar-refractivity contribution < 1.29 is 4.74 Å². The molecule has 14 heavy (non-hydrogen) atoms. The smallest absolute Gasteiger partial charge is 0.106 e. The van der Waals surface area contributed by atoms with Crippen LogP contribution in [0.2, 0.25) is 0 Å². The van der Waals surface area contributed by atoms with Crippen molar-refractivity contribution in [3.63, 3.8) is 0 Å². The van der Waals surface area contributed by atoms with Gasteiger partial charge in [-0.3, -0.25) is 4.68 Å². The average Bonchev–Trinajstić information content (AvgIpc) is 2.47. The van der Waals surface area contributed by atoms with Crippen molar-refractivity contribution in [1.82, 2.24) is 15.1 Å². The Kier molecular flexibility index (Phi) is 2.33. The Morgan fingerprint density at radius 1 is 1.64 bits per heavy atom. The normalized spacial score (nSPS) is 27.9. The summed E-state index contributed by atoms with van der Waals surface area (Å²) in [7, 11) is 1.94. The van der Waals surface area contributed by atoms with E-state index in [1.54, 1.807) is 0 Å². The maximum absolute atomic E-state index is 5.83. The van der Waals surface area contributed by atoms with Gasteiger partial charge in [0.2, 0.25) is 0 Å². The van der Waals surface area contributed by atoms with Crippen LogP contribution in [0.5, 0.6) is 0 Å². The second kappa shape index (κ2) is 3.37. The van der Waals surface area contributed by atoms with Crippen LogP contribution in [0.15, 0.2) is 6.20 Å². The number of aromatic nitrogens is 2. The lowest BCUT2D eigenvalue weighted by Gasteiger charge is -2.34. The van der Waals surface area contributed by atoms with E-state index in [1.807, 2.05) is 24.9 Å². The van der Waals surface area contributed by atoms with Gasteiger partial charge in [0.1, 0.15) is 5.60 Å². The topological polar surface area (TPSA) is 39.1 Å². The molecule has 1 atom stereocenters. The first-order chi connectivity index (χ1) is 6.62. The van der Waals surface area contributed by atoms with Gasteiger partial charge in [0.15, 0.2) is 0 Å². The summed E-state index contributed by atoms with van der Waals surface area (Å²) >= 11 is 0. The molecule has 0 spiro atoms. The lowest BCUT2D eigenvalue weighted by Crippen LogP contribution is -2.45. The predicted molar refractivity (Wildman–Crippen MR) is 54.1 cm³/mol. The summed E-state index contributed by atoms with van der Waals surface area (Å²) in [5, 5.41) is 7.69. The number of ether oxygens (including phenoxy) is 1. The van der Waals surface area contributed by atoms with E-state index in [0.29, 0.717) is 0 Å². The first kappa shape index (κ1) is 9.68. The third-order valence-electron chi connectivity index (χ3n) is 2.75. The van der Waals surface area contributed by atoms with Crippen LogP contribution in [0.1, 0.15) is 18.2 Å². The molecule has 0 radical (unpaired) electrons. The van der Waals surface area contributed by atoms with Crippen molar-refractivity contribution in [3.05, 3.63) is 17.5 Å². The number of morpholine rings is 1. The Morgan fingerprint density at radius 3 is 2.93 bits per heavy atom. The van der Waals surface area contributed by atoms with Crippen molar-refractivity contribution >= 4 is 0 Å². The predicted octanol–water partition coefficient (Wildman–Crippen LogP) is 0.564. The molecule has 1 unspecified atom stereocenters. The van der Waals surface area contributed by atoms with Gasteiger partial charge in [0.05, 0.1) is 12.3 Å². The van der Waals surface area contributed by atoms with Crippen molar-refractivity contribution in [2.75, 3.05) is 19.7 Å². The van der Waals surface area contributed by atoms with Gasteiger partial charge in [-0.25, -0.2) is 0 Å². The van der Waals surface area contributed by atoms with E-state index in [4.69, 9.17) is 4.74 Å². The fraction of sp³-hybridized carbons (Fsp3) is 0.700. The van der Waals surface area contributed by atoms with Crippen LogP contribution in [0.4, 0.5) is 0 Å². The maximum atomic E-state index is 5.83. The first-order valence-corrected chi connectivity index (χ1v) is 4.97. The highest BCUT2D eigenvalue weighted by Gasteiger charge is 2.32. The summed E-state index contributed by atoms with van der Waals surface area (Å²) in [6.07, 6.45) is 2.04. The van der Waals surface area contributed by atoms with Crippen LogP contribution >= 0.6 is 0 Å². The maximum Gasteiger partial charge on any atom is 0.106 e. The van der Waals surface area contributed by atoms with Crippen molar-refractivity contribution in [2.45, 2.75) is 19.4 Å². The Morgan fingerprint density at radius 2 is 2.43 bits per heavy atom. The van der Waals surface area contributed by atoms with E-state index in [2.05, 4.69) is 17.3 Å². The van der Waals surface area contributed by atoms with E-state index in [-0.39, 0.29) is 5.60 Å². The number of rotatable bonds is 1. The molecule has 2 rings (SSSR count). The number of hydrogen-bond acceptors (Lipinski definition) is 3. The highest BCUT2D eigenvalue weighted by molar-refractivity contribution is 5.24. The van der Waals surface area contributed by atoms with Gasteiger partial charge in [0.25, 0.3) is 0 Å². The van der Waals surface area contributed by atoms with Crippen LogP contribution < -0.4 is 5.32 Å². The standard InChI is InChI=1S/C10H17N3O/c1-8-9(6-13(3)12-8)10(2)7-11-4-5-14-10/h6,11H,4-5,7H2,1-3H3. The molecule has 1 aromatic heterocycles. The molecule has 1 saturated heterocycles. The summed E-state index contributed by atoms with van der Waals surface area (Å²) in [4.78, 5) is 0. The number of nitrogens with one attached hydrogen (secondary N) is 1. The van der Waals surface area contributed by atoms with E-state index < -0.39 is 0 Å². The summed E-state index contributed by atoms with van der Waals surface area (Å²) < 4.78 is 7.67. The summed E-state index contributed by atoms with van der Waals surface area (Å²) in [5.41, 5.74) is 2.03. The third-order valence-corrected chi connectivity index (χ3v) is 2.75. The zero-order chi connectivity index (χ0) is 10.2. The molecule has 1 N–H and O–H groups in total. The minimum atomic E-state index is -0.212. The van der Waals surface area contributed by atoms with Crippen molar-refractivity contribution in [3.8, 4) is 0 Å². The first-order valence-electron chi connectivity index (χ1n) is 4.97. The van der Waals surface area contributed by atoms with Crippen LogP contribution in [0.25, 0.3) is 0 Å². The van der Waals surface area contributed by atoms with Gasteiger partial charge in [-0.1, -0.05) is 0 Å². The molecule has 4 heteroatoms. The van der Waals surface area contributed by atoms with Gasteiger partial charge in [-0.2, -0.15) is 5.10 Å². The zero-order valence-corrected chi connectivity index (χ0v) is 9.00. The molecule has 1 aromatic rings. The van der Waals surface area contributed by atoms with Gasteiger partial charge in [-0.15, -0.1) is 0 Å². The minimum absolute atomic E-state index is 0.212. The highest BCUT2D eigenvalue weighted by atomic mass is 16.5. The summed E-state index contributed by atoms with van der Waals surface area (Å²) in [6.45, 7) is 6.71. The molecule has 1 aliphatic heterocycles. The molecule has 78 valence electrons. The highest BCUT2D eigenvalue weighted by Crippen LogP contribution is 2.28. The largest absolute Gasteiger partial charge is 0.368 e. The molecular weight excluding hydrogens is 178 g/mol. The van der Waals surface area contributed by atoms with Gasteiger partial charge >= 0.3 is 0 Å². The SMILES string of the molecule is Cc1nn(C)cc1C1(C)CNCCO1. The van der Waals surface area contributed by atoms with E-state index >= 15 is 0 Å². The Hall–Kier alpha value is -0.870. The Bertz CT molecular complexity index is 326. The van der Waals surface area contributed by atoms with E-state index in [9.17, 15) is 0 Å². The average molecular weight is 195 g/mol. The molecule has 0 aromatic carbocycles. The fourth-order valence-electron chi connectivity index (χ4n) is 2.02. The molecule has 2 heterocycles. The van der Waals surface area contributed by atoms with Crippen molar-refractivity contribution in [2.24, 2.45) is 7.05 Å². The van der Waals surface area contributed by atoms with Crippen LogP contribution in [0.3, 0.4) is 0 Å². The molecule has 0 saturated carbocycles. The molecule has 1 aliphatic rings. The lowest BCUT2D eigenvalue weighted by molar-refractivity contribution is -0.0576. The van der Waals surface area contributed by atoms with Crippen LogP contribution in [-0.4, -0.2) is 29.5 Å². The lowest BCUT2D eigenvalue weighted by atomic mass is 9.95. The summed E-state index contributed by atoms with van der Waals surface area (Å²) in [5.74, 6) is 0. The second-order valence-corrected chi connectivity index (χ2v) is 4.06. The number of aryl methyl sites for hydroxylation is 2. The van der Waals surface area contributed by atoms with Crippen molar-refractivity contribution in [1.29, 1.82) is 0 Å². The molecule has 0 amide bonds. The van der Waals surface area contributed by atoms with Gasteiger partial charge in [-0.05, 0) is 13.8 Å². The van der Waals surface area contributed by atoms with Gasteiger partial charge in [0, 0.05) is 31.9 Å². The van der Waals surface area contributed by atoms with Crippen LogP contribution in [-0.2, 0) is 17.4 Å². The molecule has 0 aliphatic carbocycles. The summed E-state index contributed by atoms with van der Waals surface area (Å²) in [6, 6.07) is 0. The van der Waals surface area contributed by atoms with Gasteiger partial charge < -0.3 is 10.1 Å². The van der Waals surface area contributed by atoms with Crippen LogP contribution in [0, 0.1) is 6.92 Å². The molecule has 4 nitrogen and oxygen atoms in total. The Balaban J connectivity index is 2.32. The number of hydrogen-bond donors (Lipinski definition) is 1. The third kappa shape index (κ3) is 1.55. The quantitative estimate of drug-likeness (QED) is 0.712. The molecule has 0 bridgehead atoms. The second-order valence-electron chi connectivity index (χ2n) is 4.06. The monoisotopic (exact) mass is 195 g/mol. The van der Waals surface area contributed by atoms with E-state index in [0.717, 1.165) is 25.4 Å². The molecular formula is C10H17N3O. The number of nitrogens with zero attached hydrogens (tertiary/aromatic N) is 2. The zero-order valence-electron chi connectivity index (χ0n) is 9.00.